The summed E-state index contributed by atoms with van der Waals surface area (Å²) in [5.41, 5.74) is 0. The predicted molar refractivity (Wildman–Crippen MR) is 70.7 cm³/mol. The van der Waals surface area contributed by atoms with Crippen LogP contribution in [0.25, 0.3) is 0 Å². The van der Waals surface area contributed by atoms with E-state index < -0.39 is 0 Å². The van der Waals surface area contributed by atoms with E-state index in [-0.39, 0.29) is 12.1 Å². The van der Waals surface area contributed by atoms with Crippen molar-refractivity contribution in [2.24, 2.45) is 5.92 Å². The van der Waals surface area contributed by atoms with E-state index in [1.165, 1.54) is 0 Å². The number of ether oxygens (including phenoxy) is 1. The summed E-state index contributed by atoms with van der Waals surface area (Å²) in [5, 5.41) is 5.68. The minimum Gasteiger partial charge on any atom is -0.383 e. The minimum absolute atomic E-state index is 0.149. The number of hydrogen-bond donors (Lipinski definition) is 2. The molecule has 2 aliphatic rings. The topological polar surface area (TPSA) is 70.7 Å². The van der Waals surface area contributed by atoms with Crippen molar-refractivity contribution in [2.75, 3.05) is 33.4 Å². The minimum atomic E-state index is -0.149. The first-order chi connectivity index (χ1) is 9.20. The van der Waals surface area contributed by atoms with E-state index in [4.69, 9.17) is 4.74 Å². The normalized spacial score (nSPS) is 20.2. The van der Waals surface area contributed by atoms with Crippen LogP contribution in [0.15, 0.2) is 0 Å². The summed E-state index contributed by atoms with van der Waals surface area (Å²) in [6, 6.07) is 0.0230. The molecule has 2 rings (SSSR count). The van der Waals surface area contributed by atoms with Crippen molar-refractivity contribution in [1.29, 1.82) is 0 Å². The van der Waals surface area contributed by atoms with Gasteiger partial charge in [-0.1, -0.05) is 0 Å². The highest BCUT2D eigenvalue weighted by Crippen LogP contribution is 2.31. The first kappa shape index (κ1) is 14.1. The van der Waals surface area contributed by atoms with E-state index in [0.717, 1.165) is 38.8 Å². The van der Waals surface area contributed by atoms with Gasteiger partial charge >= 0.3 is 6.03 Å². The summed E-state index contributed by atoms with van der Waals surface area (Å²) in [5.74, 6) is 0.602. The van der Waals surface area contributed by atoms with Crippen molar-refractivity contribution in [3.63, 3.8) is 0 Å². The summed E-state index contributed by atoms with van der Waals surface area (Å²) in [6.45, 7) is 2.56. The zero-order chi connectivity index (χ0) is 13.7. The van der Waals surface area contributed by atoms with Crippen LogP contribution in [0.4, 0.5) is 4.79 Å². The van der Waals surface area contributed by atoms with Gasteiger partial charge in [0.1, 0.15) is 0 Å². The summed E-state index contributed by atoms with van der Waals surface area (Å²) >= 11 is 0. The van der Waals surface area contributed by atoms with E-state index >= 15 is 0 Å². The van der Waals surface area contributed by atoms with E-state index in [1.54, 1.807) is 7.11 Å². The molecular weight excluding hydrogens is 246 g/mol. The Kier molecular flexibility index (Phi) is 5.01. The van der Waals surface area contributed by atoms with Gasteiger partial charge in [-0.15, -0.1) is 0 Å². The molecule has 0 spiro atoms. The fourth-order valence-corrected chi connectivity index (χ4v) is 2.34. The largest absolute Gasteiger partial charge is 0.383 e. The highest BCUT2D eigenvalue weighted by Gasteiger charge is 2.34. The van der Waals surface area contributed by atoms with E-state index in [9.17, 15) is 9.59 Å². The lowest BCUT2D eigenvalue weighted by atomic mass is 10.0. The Bertz CT molecular complexity index is 323. The van der Waals surface area contributed by atoms with Gasteiger partial charge in [0.25, 0.3) is 0 Å². The van der Waals surface area contributed by atoms with Crippen molar-refractivity contribution in [2.45, 2.75) is 31.7 Å². The van der Waals surface area contributed by atoms with Gasteiger partial charge in [-0.05, 0) is 25.7 Å². The average molecular weight is 269 g/mol. The zero-order valence-corrected chi connectivity index (χ0v) is 11.5. The van der Waals surface area contributed by atoms with Crippen LogP contribution >= 0.6 is 0 Å². The molecular formula is C13H23N3O3. The molecule has 2 N–H and O–H groups in total. The Balaban J connectivity index is 1.62. The maximum absolute atomic E-state index is 11.9. The number of carbonyl (C=O) groups is 2. The van der Waals surface area contributed by atoms with Crippen LogP contribution in [0.1, 0.15) is 25.7 Å². The summed E-state index contributed by atoms with van der Waals surface area (Å²) in [6.07, 6.45) is 3.80. The van der Waals surface area contributed by atoms with Crippen LogP contribution in [0, 0.1) is 5.92 Å². The first-order valence-corrected chi connectivity index (χ1v) is 7.03. The van der Waals surface area contributed by atoms with Gasteiger partial charge in [0.2, 0.25) is 5.91 Å². The number of rotatable bonds is 5. The molecule has 1 saturated heterocycles. The fourth-order valence-electron chi connectivity index (χ4n) is 2.34. The zero-order valence-electron chi connectivity index (χ0n) is 11.5. The van der Waals surface area contributed by atoms with Gasteiger partial charge in [0.15, 0.2) is 0 Å². The lowest BCUT2D eigenvalue weighted by Crippen LogP contribution is -2.49. The van der Waals surface area contributed by atoms with Gasteiger partial charge in [-0.2, -0.15) is 0 Å². The Hall–Kier alpha value is -1.30. The molecule has 19 heavy (non-hydrogen) atoms. The van der Waals surface area contributed by atoms with Crippen molar-refractivity contribution in [1.82, 2.24) is 15.5 Å². The number of hydrogen-bond acceptors (Lipinski definition) is 3. The fraction of sp³-hybridized carbons (Fsp3) is 0.846. The van der Waals surface area contributed by atoms with Crippen LogP contribution in [-0.4, -0.2) is 56.2 Å². The highest BCUT2D eigenvalue weighted by atomic mass is 16.5. The molecule has 0 aromatic rings. The monoisotopic (exact) mass is 269 g/mol. The molecule has 1 aliphatic heterocycles. The average Bonchev–Trinajstić information content (AvgIpc) is 3.23. The maximum Gasteiger partial charge on any atom is 0.315 e. The second-order valence-corrected chi connectivity index (χ2v) is 5.27. The molecule has 1 aliphatic carbocycles. The number of carbonyl (C=O) groups excluding carboxylic acids is 2. The lowest BCUT2D eigenvalue weighted by molar-refractivity contribution is -0.133. The van der Waals surface area contributed by atoms with Gasteiger partial charge in [-0.25, -0.2) is 4.79 Å². The first-order valence-electron chi connectivity index (χ1n) is 7.03. The Morgan fingerprint density at radius 3 is 2.47 bits per heavy atom. The molecule has 1 saturated carbocycles. The van der Waals surface area contributed by atoms with Gasteiger partial charge in [0.05, 0.1) is 6.61 Å². The third-order valence-electron chi connectivity index (χ3n) is 3.66. The summed E-state index contributed by atoms with van der Waals surface area (Å²) < 4.78 is 4.86. The molecule has 0 aromatic heterocycles. The molecule has 108 valence electrons. The molecule has 2 fully saturated rings. The number of urea groups is 1. The predicted octanol–water partition coefficient (Wildman–Crippen LogP) is 0.333. The van der Waals surface area contributed by atoms with Crippen molar-refractivity contribution >= 4 is 11.9 Å². The van der Waals surface area contributed by atoms with Crippen molar-refractivity contribution < 1.29 is 14.3 Å². The van der Waals surface area contributed by atoms with Gasteiger partial charge in [-0.3, -0.25) is 4.79 Å². The number of nitrogens with zero attached hydrogens (tertiary/aromatic N) is 1. The van der Waals surface area contributed by atoms with E-state index in [1.807, 2.05) is 4.90 Å². The summed E-state index contributed by atoms with van der Waals surface area (Å²) in [4.78, 5) is 25.4. The highest BCUT2D eigenvalue weighted by molar-refractivity contribution is 5.81. The van der Waals surface area contributed by atoms with E-state index in [2.05, 4.69) is 10.6 Å². The third kappa shape index (κ3) is 4.38. The van der Waals surface area contributed by atoms with Crippen LogP contribution in [0.2, 0.25) is 0 Å². The SMILES string of the molecule is COCCNC(=O)NC1CCN(C(=O)C2CC2)CC1. The molecule has 6 heteroatoms. The second-order valence-electron chi connectivity index (χ2n) is 5.27. The Labute approximate surface area is 113 Å². The number of piperidine rings is 1. The van der Waals surface area contributed by atoms with Crippen LogP contribution < -0.4 is 10.6 Å². The van der Waals surface area contributed by atoms with Crippen molar-refractivity contribution in [3.8, 4) is 0 Å². The van der Waals surface area contributed by atoms with Gasteiger partial charge in [0, 0.05) is 38.7 Å². The van der Waals surface area contributed by atoms with Gasteiger partial charge < -0.3 is 20.3 Å². The molecule has 0 bridgehead atoms. The molecule has 3 amide bonds. The third-order valence-corrected chi connectivity index (χ3v) is 3.66. The number of amides is 3. The smallest absolute Gasteiger partial charge is 0.315 e. The van der Waals surface area contributed by atoms with Crippen LogP contribution in [0.5, 0.6) is 0 Å². The molecule has 0 unspecified atom stereocenters. The summed E-state index contributed by atoms with van der Waals surface area (Å²) in [7, 11) is 1.60. The number of methoxy groups -OCH3 is 1. The lowest BCUT2D eigenvalue weighted by Gasteiger charge is -2.32. The second kappa shape index (κ2) is 6.75. The number of likely N-dealkylation sites (tertiary alicyclic amines) is 1. The van der Waals surface area contributed by atoms with Crippen molar-refractivity contribution in [3.05, 3.63) is 0 Å². The maximum atomic E-state index is 11.9. The quantitative estimate of drug-likeness (QED) is 0.707. The standard InChI is InChI=1S/C13H23N3O3/c1-19-9-6-14-13(18)15-11-4-7-16(8-5-11)12(17)10-2-3-10/h10-11H,2-9H2,1H3,(H2,14,15,18). The van der Waals surface area contributed by atoms with Crippen LogP contribution in [0.3, 0.4) is 0 Å². The Morgan fingerprint density at radius 1 is 1.21 bits per heavy atom. The Morgan fingerprint density at radius 2 is 1.89 bits per heavy atom. The van der Waals surface area contributed by atoms with E-state index in [0.29, 0.717) is 25.0 Å². The number of nitrogens with one attached hydrogen (secondary N) is 2. The molecule has 6 nitrogen and oxygen atoms in total. The molecule has 0 aromatic carbocycles. The molecule has 1 heterocycles. The van der Waals surface area contributed by atoms with Crippen LogP contribution in [-0.2, 0) is 9.53 Å². The molecule has 0 radical (unpaired) electrons. The molecule has 0 atom stereocenters.